The summed E-state index contributed by atoms with van der Waals surface area (Å²) in [5.41, 5.74) is 6.40. The molecule has 126 valence electrons. The molecule has 0 unspecified atom stereocenters. The second-order valence-corrected chi connectivity index (χ2v) is 6.42. The lowest BCUT2D eigenvalue weighted by Gasteiger charge is -2.06. The van der Waals surface area contributed by atoms with E-state index in [-0.39, 0.29) is 5.82 Å². The molecule has 3 aromatic carbocycles. The van der Waals surface area contributed by atoms with Gasteiger partial charge in [0.1, 0.15) is 5.82 Å². The van der Waals surface area contributed by atoms with Gasteiger partial charge in [-0.2, -0.15) is 0 Å². The molecule has 1 heterocycles. The third-order valence-corrected chi connectivity index (χ3v) is 4.61. The van der Waals surface area contributed by atoms with Crippen LogP contribution in [0.1, 0.15) is 16.7 Å². The van der Waals surface area contributed by atoms with Crippen molar-refractivity contribution < 1.29 is 4.39 Å². The van der Waals surface area contributed by atoms with Crippen LogP contribution in [0, 0.1) is 24.6 Å². The summed E-state index contributed by atoms with van der Waals surface area (Å²) in [6, 6.07) is 23.1. The Morgan fingerprint density at radius 3 is 2.23 bits per heavy atom. The molecule has 4 rings (SSSR count). The van der Waals surface area contributed by atoms with E-state index in [1.807, 2.05) is 12.1 Å². The molecule has 0 aliphatic heterocycles. The van der Waals surface area contributed by atoms with Crippen LogP contribution in [0.15, 0.2) is 72.8 Å². The summed E-state index contributed by atoms with van der Waals surface area (Å²) in [5.74, 6) is 6.27. The Balaban J connectivity index is 1.94. The van der Waals surface area contributed by atoms with Gasteiger partial charge in [-0.3, -0.25) is 0 Å². The van der Waals surface area contributed by atoms with Crippen molar-refractivity contribution in [1.82, 2.24) is 4.57 Å². The Hall–Kier alpha value is -3.31. The molecule has 0 saturated carbocycles. The van der Waals surface area contributed by atoms with Crippen LogP contribution in [-0.4, -0.2) is 4.57 Å². The van der Waals surface area contributed by atoms with Gasteiger partial charge in [0.25, 0.3) is 0 Å². The topological polar surface area (TPSA) is 4.93 Å². The smallest absolute Gasteiger partial charge is 0.123 e. The van der Waals surface area contributed by atoms with Crippen molar-refractivity contribution in [2.75, 3.05) is 0 Å². The van der Waals surface area contributed by atoms with E-state index in [4.69, 9.17) is 0 Å². The minimum Gasteiger partial charge on any atom is -0.343 e. The summed E-state index contributed by atoms with van der Waals surface area (Å²) in [6.07, 6.45) is 0. The Morgan fingerprint density at radius 2 is 1.50 bits per heavy atom. The second-order valence-electron chi connectivity index (χ2n) is 6.42. The zero-order chi connectivity index (χ0) is 18.1. The van der Waals surface area contributed by atoms with Gasteiger partial charge < -0.3 is 4.57 Å². The molecule has 0 radical (unpaired) electrons. The largest absolute Gasteiger partial charge is 0.343 e. The predicted octanol–water partition coefficient (Wildman–Crippen LogP) is 5.69. The highest BCUT2D eigenvalue weighted by atomic mass is 19.1. The molecule has 0 saturated heterocycles. The van der Waals surface area contributed by atoms with Crippen molar-refractivity contribution >= 4 is 10.9 Å². The van der Waals surface area contributed by atoms with Crippen molar-refractivity contribution in [3.8, 4) is 23.1 Å². The number of aromatic nitrogens is 1. The molecule has 0 spiro atoms. The number of hydrogen-bond donors (Lipinski definition) is 0. The van der Waals surface area contributed by atoms with Crippen LogP contribution >= 0.6 is 0 Å². The lowest BCUT2D eigenvalue weighted by molar-refractivity contribution is 0.627. The lowest BCUT2D eigenvalue weighted by atomic mass is 10.0. The van der Waals surface area contributed by atoms with Crippen LogP contribution in [0.4, 0.5) is 4.39 Å². The highest BCUT2D eigenvalue weighted by Crippen LogP contribution is 2.32. The van der Waals surface area contributed by atoms with Gasteiger partial charge in [0.2, 0.25) is 0 Å². The average Bonchev–Trinajstić information content (AvgIpc) is 2.94. The Kier molecular flexibility index (Phi) is 4.07. The number of fused-ring (bicyclic) bond motifs is 1. The molecule has 4 aromatic rings. The molecular formula is C24H18FN. The van der Waals surface area contributed by atoms with E-state index in [1.54, 1.807) is 12.1 Å². The molecule has 0 N–H and O–H groups in total. The van der Waals surface area contributed by atoms with Crippen LogP contribution in [0.3, 0.4) is 0 Å². The number of hydrogen-bond acceptors (Lipinski definition) is 0. The zero-order valence-corrected chi connectivity index (χ0v) is 14.8. The average molecular weight is 339 g/mol. The summed E-state index contributed by atoms with van der Waals surface area (Å²) >= 11 is 0. The van der Waals surface area contributed by atoms with Crippen molar-refractivity contribution in [2.24, 2.45) is 7.05 Å². The fraction of sp³-hybridized carbons (Fsp3) is 0.0833. The maximum Gasteiger partial charge on any atom is 0.123 e. The molecule has 0 bridgehead atoms. The minimum absolute atomic E-state index is 0.249. The molecule has 0 aliphatic rings. The minimum atomic E-state index is -0.249. The maximum atomic E-state index is 13.1. The maximum absolute atomic E-state index is 13.1. The number of nitrogens with zero attached hydrogens (tertiary/aromatic N) is 1. The van der Waals surface area contributed by atoms with E-state index in [0.29, 0.717) is 0 Å². The molecule has 0 aliphatic carbocycles. The van der Waals surface area contributed by atoms with Crippen molar-refractivity contribution in [3.63, 3.8) is 0 Å². The first-order chi connectivity index (χ1) is 12.6. The van der Waals surface area contributed by atoms with Gasteiger partial charge >= 0.3 is 0 Å². The standard InChI is InChI=1S/C24H18FN/c1-17-7-12-19(13-8-17)24-22(16-11-18-9-14-20(25)15-10-18)21-5-3-4-6-23(21)26(24)2/h3-10,12-15H,1-2H3. The molecule has 0 atom stereocenters. The molecule has 1 aromatic heterocycles. The van der Waals surface area contributed by atoms with Gasteiger partial charge in [-0.15, -0.1) is 0 Å². The summed E-state index contributed by atoms with van der Waals surface area (Å²) in [5, 5.41) is 1.13. The summed E-state index contributed by atoms with van der Waals surface area (Å²) < 4.78 is 15.3. The van der Waals surface area contributed by atoms with Crippen molar-refractivity contribution in [2.45, 2.75) is 6.92 Å². The Morgan fingerprint density at radius 1 is 0.808 bits per heavy atom. The first kappa shape index (κ1) is 16.2. The molecule has 0 fully saturated rings. The van der Waals surface area contributed by atoms with Gasteiger partial charge in [0.05, 0.1) is 11.3 Å². The van der Waals surface area contributed by atoms with E-state index in [9.17, 15) is 4.39 Å². The van der Waals surface area contributed by atoms with E-state index in [2.05, 4.69) is 66.8 Å². The fourth-order valence-electron chi connectivity index (χ4n) is 3.24. The van der Waals surface area contributed by atoms with Crippen molar-refractivity contribution in [1.29, 1.82) is 0 Å². The number of rotatable bonds is 1. The van der Waals surface area contributed by atoms with Crippen LogP contribution in [0.25, 0.3) is 22.2 Å². The predicted molar refractivity (Wildman–Crippen MR) is 105 cm³/mol. The summed E-state index contributed by atoms with van der Waals surface area (Å²) in [7, 11) is 2.07. The van der Waals surface area contributed by atoms with E-state index >= 15 is 0 Å². The first-order valence-corrected chi connectivity index (χ1v) is 8.55. The second kappa shape index (κ2) is 6.54. The normalized spacial score (nSPS) is 10.6. The summed E-state index contributed by atoms with van der Waals surface area (Å²) in [4.78, 5) is 0. The Bertz CT molecular complexity index is 1140. The fourth-order valence-corrected chi connectivity index (χ4v) is 3.24. The van der Waals surface area contributed by atoms with Gasteiger partial charge in [0.15, 0.2) is 0 Å². The number of benzene rings is 3. The monoisotopic (exact) mass is 339 g/mol. The molecular weight excluding hydrogens is 321 g/mol. The molecule has 26 heavy (non-hydrogen) atoms. The van der Waals surface area contributed by atoms with Crippen LogP contribution < -0.4 is 0 Å². The third-order valence-electron chi connectivity index (χ3n) is 4.61. The first-order valence-electron chi connectivity index (χ1n) is 8.55. The zero-order valence-electron chi connectivity index (χ0n) is 14.8. The van der Waals surface area contributed by atoms with Crippen molar-refractivity contribution in [3.05, 3.63) is 95.3 Å². The third kappa shape index (κ3) is 2.89. The molecule has 1 nitrogen and oxygen atoms in total. The van der Waals surface area contributed by atoms with Crippen LogP contribution in [0.2, 0.25) is 0 Å². The number of para-hydroxylation sites is 1. The lowest BCUT2D eigenvalue weighted by Crippen LogP contribution is -1.92. The highest BCUT2D eigenvalue weighted by Gasteiger charge is 2.14. The van der Waals surface area contributed by atoms with Gasteiger partial charge in [0, 0.05) is 23.5 Å². The van der Waals surface area contributed by atoms with Crippen LogP contribution in [-0.2, 0) is 7.05 Å². The quantitative estimate of drug-likeness (QED) is 0.392. The summed E-state index contributed by atoms with van der Waals surface area (Å²) in [6.45, 7) is 2.08. The van der Waals surface area contributed by atoms with E-state index in [1.165, 1.54) is 17.7 Å². The molecule has 2 heteroatoms. The number of halogens is 1. The molecule has 0 amide bonds. The highest BCUT2D eigenvalue weighted by molar-refractivity contribution is 5.95. The SMILES string of the molecule is Cc1ccc(-c2c(C#Cc3ccc(F)cc3)c3ccccc3n2C)cc1. The van der Waals surface area contributed by atoms with E-state index < -0.39 is 0 Å². The van der Waals surface area contributed by atoms with E-state index in [0.717, 1.165) is 33.3 Å². The van der Waals surface area contributed by atoms with Crippen LogP contribution in [0.5, 0.6) is 0 Å². The van der Waals surface area contributed by atoms with Gasteiger partial charge in [-0.05, 0) is 42.8 Å². The Labute approximate surface area is 152 Å². The van der Waals surface area contributed by atoms with Gasteiger partial charge in [-0.1, -0.05) is 59.9 Å². The van der Waals surface area contributed by atoms with Gasteiger partial charge in [-0.25, -0.2) is 4.39 Å². The number of aryl methyl sites for hydroxylation is 2.